The summed E-state index contributed by atoms with van der Waals surface area (Å²) in [6.07, 6.45) is 3.59. The summed E-state index contributed by atoms with van der Waals surface area (Å²) >= 11 is 5.83. The van der Waals surface area contributed by atoms with Crippen molar-refractivity contribution in [3.63, 3.8) is 0 Å². The number of pyridine rings is 1. The minimum Gasteiger partial charge on any atom is -0.478 e. The lowest BCUT2D eigenvalue weighted by molar-refractivity contribution is 0.0697. The van der Waals surface area contributed by atoms with E-state index in [0.717, 1.165) is 5.56 Å². The molecule has 0 radical (unpaired) electrons. The Morgan fingerprint density at radius 2 is 2.26 bits per heavy atom. The Balaban J connectivity index is 2.29. The summed E-state index contributed by atoms with van der Waals surface area (Å²) in [4.78, 5) is 17.0. The van der Waals surface area contributed by atoms with E-state index in [0.29, 0.717) is 12.4 Å². The minimum absolute atomic E-state index is 0.121. The van der Waals surface area contributed by atoms with Crippen molar-refractivity contribution in [2.45, 2.75) is 6.54 Å². The fourth-order valence-electron chi connectivity index (χ4n) is 1.79. The van der Waals surface area contributed by atoms with Gasteiger partial charge in [-0.2, -0.15) is 5.10 Å². The van der Waals surface area contributed by atoms with E-state index in [-0.39, 0.29) is 10.7 Å². The molecular formula is C12H13ClN4O2. The number of carboxylic acid groups (broad SMARTS) is 1. The van der Waals surface area contributed by atoms with E-state index in [1.165, 1.54) is 12.1 Å². The van der Waals surface area contributed by atoms with Crippen molar-refractivity contribution in [3.8, 4) is 0 Å². The second-order valence-corrected chi connectivity index (χ2v) is 4.58. The number of carbonyl (C=O) groups is 1. The molecule has 1 N–H and O–H groups in total. The highest BCUT2D eigenvalue weighted by Crippen LogP contribution is 2.21. The standard InChI is InChI=1S/C12H13ClN4O2/c1-16(6-8-5-14-17(2)7-8)11-9(12(18)19)3-4-10(13)15-11/h3-5,7H,6H2,1-2H3,(H,18,19). The largest absolute Gasteiger partial charge is 0.478 e. The number of aryl methyl sites for hydroxylation is 1. The van der Waals surface area contributed by atoms with Gasteiger partial charge in [0, 0.05) is 32.4 Å². The molecule has 2 rings (SSSR count). The van der Waals surface area contributed by atoms with Gasteiger partial charge in [-0.3, -0.25) is 4.68 Å². The molecular weight excluding hydrogens is 268 g/mol. The van der Waals surface area contributed by atoms with E-state index in [4.69, 9.17) is 16.7 Å². The average Bonchev–Trinajstić information content (AvgIpc) is 2.74. The third-order valence-corrected chi connectivity index (χ3v) is 2.82. The second-order valence-electron chi connectivity index (χ2n) is 4.19. The Kier molecular flexibility index (Phi) is 3.71. The zero-order valence-electron chi connectivity index (χ0n) is 10.5. The highest BCUT2D eigenvalue weighted by molar-refractivity contribution is 6.29. The molecule has 2 aromatic rings. The van der Waals surface area contributed by atoms with Gasteiger partial charge in [0.05, 0.1) is 6.20 Å². The van der Waals surface area contributed by atoms with Crippen LogP contribution in [0.15, 0.2) is 24.5 Å². The first-order chi connectivity index (χ1) is 8.97. The number of aromatic nitrogens is 3. The molecule has 0 fully saturated rings. The zero-order chi connectivity index (χ0) is 14.0. The molecule has 0 spiro atoms. The molecule has 100 valence electrons. The summed E-state index contributed by atoms with van der Waals surface area (Å²) in [6, 6.07) is 2.92. The van der Waals surface area contributed by atoms with Crippen molar-refractivity contribution >= 4 is 23.4 Å². The van der Waals surface area contributed by atoms with E-state index < -0.39 is 5.97 Å². The van der Waals surface area contributed by atoms with Crippen LogP contribution < -0.4 is 4.90 Å². The van der Waals surface area contributed by atoms with Crippen LogP contribution in [0.5, 0.6) is 0 Å². The molecule has 0 aliphatic heterocycles. The number of halogens is 1. The van der Waals surface area contributed by atoms with Gasteiger partial charge in [0.15, 0.2) is 0 Å². The number of anilines is 1. The van der Waals surface area contributed by atoms with Crippen LogP contribution in [0.25, 0.3) is 0 Å². The Labute approximate surface area is 115 Å². The Morgan fingerprint density at radius 3 is 2.84 bits per heavy atom. The lowest BCUT2D eigenvalue weighted by Crippen LogP contribution is -2.20. The fourth-order valence-corrected chi connectivity index (χ4v) is 1.93. The highest BCUT2D eigenvalue weighted by Gasteiger charge is 2.16. The van der Waals surface area contributed by atoms with Crippen molar-refractivity contribution in [2.75, 3.05) is 11.9 Å². The predicted molar refractivity (Wildman–Crippen MR) is 71.5 cm³/mol. The van der Waals surface area contributed by atoms with Crippen molar-refractivity contribution in [3.05, 3.63) is 40.8 Å². The molecule has 0 atom stereocenters. The molecule has 2 heterocycles. The molecule has 0 saturated heterocycles. The van der Waals surface area contributed by atoms with Crippen LogP contribution >= 0.6 is 11.6 Å². The van der Waals surface area contributed by atoms with Gasteiger partial charge >= 0.3 is 5.97 Å². The normalized spacial score (nSPS) is 10.5. The maximum atomic E-state index is 11.2. The van der Waals surface area contributed by atoms with E-state index >= 15 is 0 Å². The number of nitrogens with zero attached hydrogens (tertiary/aromatic N) is 4. The van der Waals surface area contributed by atoms with Gasteiger partial charge in [-0.25, -0.2) is 9.78 Å². The van der Waals surface area contributed by atoms with Crippen LogP contribution in [0.3, 0.4) is 0 Å². The number of aromatic carboxylic acids is 1. The number of hydrogen-bond acceptors (Lipinski definition) is 4. The predicted octanol–water partition coefficient (Wildman–Crippen LogP) is 1.80. The van der Waals surface area contributed by atoms with E-state index in [2.05, 4.69) is 10.1 Å². The zero-order valence-corrected chi connectivity index (χ0v) is 11.3. The van der Waals surface area contributed by atoms with Crippen LogP contribution in [0, 0.1) is 0 Å². The summed E-state index contributed by atoms with van der Waals surface area (Å²) in [5.74, 6) is -0.693. The minimum atomic E-state index is -1.03. The van der Waals surface area contributed by atoms with Gasteiger partial charge in [0.2, 0.25) is 0 Å². The van der Waals surface area contributed by atoms with Crippen LogP contribution in [-0.2, 0) is 13.6 Å². The van der Waals surface area contributed by atoms with E-state index in [1.54, 1.807) is 22.8 Å². The molecule has 0 saturated carbocycles. The first-order valence-electron chi connectivity index (χ1n) is 5.56. The molecule has 0 aliphatic carbocycles. The molecule has 0 aromatic carbocycles. The molecule has 0 bridgehead atoms. The monoisotopic (exact) mass is 280 g/mol. The van der Waals surface area contributed by atoms with Crippen LogP contribution in [0.2, 0.25) is 5.15 Å². The average molecular weight is 281 g/mol. The lowest BCUT2D eigenvalue weighted by atomic mass is 10.2. The SMILES string of the molecule is CN(Cc1cnn(C)c1)c1nc(Cl)ccc1C(=O)O. The topological polar surface area (TPSA) is 71.2 Å². The quantitative estimate of drug-likeness (QED) is 0.865. The van der Waals surface area contributed by atoms with Gasteiger partial charge in [-0.05, 0) is 12.1 Å². The molecule has 0 amide bonds. The van der Waals surface area contributed by atoms with Crippen LogP contribution in [-0.4, -0.2) is 32.9 Å². The first kappa shape index (κ1) is 13.4. The fraction of sp³-hybridized carbons (Fsp3) is 0.250. The van der Waals surface area contributed by atoms with Crippen molar-refractivity contribution in [1.82, 2.24) is 14.8 Å². The van der Waals surface area contributed by atoms with Gasteiger partial charge in [0.25, 0.3) is 0 Å². The molecule has 0 unspecified atom stereocenters. The Bertz CT molecular complexity index is 612. The lowest BCUT2D eigenvalue weighted by Gasteiger charge is -2.19. The maximum absolute atomic E-state index is 11.2. The molecule has 19 heavy (non-hydrogen) atoms. The van der Waals surface area contributed by atoms with Crippen molar-refractivity contribution in [2.24, 2.45) is 7.05 Å². The Hall–Kier alpha value is -2.08. The van der Waals surface area contributed by atoms with Gasteiger partial charge in [-0.1, -0.05) is 11.6 Å². The third-order valence-electron chi connectivity index (χ3n) is 2.61. The van der Waals surface area contributed by atoms with Crippen LogP contribution in [0.4, 0.5) is 5.82 Å². The van der Waals surface area contributed by atoms with Gasteiger partial charge in [-0.15, -0.1) is 0 Å². The maximum Gasteiger partial charge on any atom is 0.339 e. The van der Waals surface area contributed by atoms with E-state index in [9.17, 15) is 4.79 Å². The smallest absolute Gasteiger partial charge is 0.339 e. The van der Waals surface area contributed by atoms with Gasteiger partial charge in [0.1, 0.15) is 16.5 Å². The number of carboxylic acids is 1. The molecule has 7 heteroatoms. The summed E-state index contributed by atoms with van der Waals surface area (Å²) < 4.78 is 1.69. The molecule has 6 nitrogen and oxygen atoms in total. The number of rotatable bonds is 4. The second kappa shape index (κ2) is 5.27. The number of hydrogen-bond donors (Lipinski definition) is 1. The Morgan fingerprint density at radius 1 is 1.53 bits per heavy atom. The summed E-state index contributed by atoms with van der Waals surface area (Å²) in [5, 5.41) is 13.5. The third kappa shape index (κ3) is 3.03. The summed E-state index contributed by atoms with van der Waals surface area (Å²) in [7, 11) is 3.59. The van der Waals surface area contributed by atoms with Crippen molar-refractivity contribution in [1.29, 1.82) is 0 Å². The van der Waals surface area contributed by atoms with Crippen LogP contribution in [0.1, 0.15) is 15.9 Å². The molecule has 2 aromatic heterocycles. The molecule has 0 aliphatic rings. The summed E-state index contributed by atoms with van der Waals surface area (Å²) in [5.41, 5.74) is 1.08. The summed E-state index contributed by atoms with van der Waals surface area (Å²) in [6.45, 7) is 0.501. The first-order valence-corrected chi connectivity index (χ1v) is 5.93. The van der Waals surface area contributed by atoms with E-state index in [1.807, 2.05) is 13.2 Å². The highest BCUT2D eigenvalue weighted by atomic mass is 35.5. The van der Waals surface area contributed by atoms with Gasteiger partial charge < -0.3 is 10.0 Å². The van der Waals surface area contributed by atoms with Crippen molar-refractivity contribution < 1.29 is 9.90 Å².